The van der Waals surface area contributed by atoms with E-state index in [1.54, 1.807) is 0 Å². The molecule has 0 aliphatic carbocycles. The summed E-state index contributed by atoms with van der Waals surface area (Å²) in [5, 5.41) is 3.41. The van der Waals surface area contributed by atoms with Gasteiger partial charge in [-0.15, -0.1) is 17.9 Å². The minimum Gasteiger partial charge on any atom is -0.376 e. The summed E-state index contributed by atoms with van der Waals surface area (Å²) in [6.07, 6.45) is 5.23. The summed E-state index contributed by atoms with van der Waals surface area (Å²) in [4.78, 5) is 2.71. The summed E-state index contributed by atoms with van der Waals surface area (Å²) in [6.45, 7) is 9.52. The van der Waals surface area contributed by atoms with Crippen LogP contribution in [0.2, 0.25) is 0 Å². The van der Waals surface area contributed by atoms with Gasteiger partial charge in [-0.05, 0) is 37.9 Å². The van der Waals surface area contributed by atoms with Crippen LogP contribution >= 0.6 is 11.3 Å². The van der Waals surface area contributed by atoms with E-state index in [1.165, 1.54) is 16.2 Å². The summed E-state index contributed by atoms with van der Waals surface area (Å²) in [6, 6.07) is 4.36. The molecular formula is C14H23NOS. The Hall–Kier alpha value is -0.640. The second-order valence-corrected chi connectivity index (χ2v) is 5.28. The lowest BCUT2D eigenvalue weighted by Gasteiger charge is -2.01. The molecule has 1 rings (SSSR count). The quantitative estimate of drug-likeness (QED) is 0.507. The van der Waals surface area contributed by atoms with Crippen molar-refractivity contribution in [3.8, 4) is 0 Å². The first-order valence-corrected chi connectivity index (χ1v) is 7.15. The molecule has 0 radical (unpaired) electrons. The number of ether oxygens (including phenoxy) is 1. The molecule has 0 aromatic carbocycles. The Kier molecular flexibility index (Phi) is 7.97. The molecule has 0 amide bonds. The third-order valence-corrected chi connectivity index (χ3v) is 3.44. The maximum absolute atomic E-state index is 5.60. The van der Waals surface area contributed by atoms with Crippen molar-refractivity contribution >= 4 is 11.3 Å². The van der Waals surface area contributed by atoms with E-state index < -0.39 is 0 Å². The minimum absolute atomic E-state index is 0.746. The topological polar surface area (TPSA) is 21.3 Å². The number of unbranched alkanes of at least 4 members (excludes halogenated alkanes) is 1. The molecule has 1 aromatic heterocycles. The highest BCUT2D eigenvalue weighted by Gasteiger charge is 1.99. The standard InChI is InChI=1S/C14H23NOS/c1-3-5-6-10-16-12-14-8-7-13(17-14)11-15-9-4-2/h3,7-8,15H,1,4-6,9-12H2,2H3. The monoisotopic (exact) mass is 253 g/mol. The van der Waals surface area contributed by atoms with Gasteiger partial charge in [-0.2, -0.15) is 0 Å². The Morgan fingerprint density at radius 2 is 2.24 bits per heavy atom. The van der Waals surface area contributed by atoms with Crippen molar-refractivity contribution in [2.24, 2.45) is 0 Å². The normalized spacial score (nSPS) is 10.6. The molecule has 0 bridgehead atoms. The third-order valence-electron chi connectivity index (χ3n) is 2.38. The zero-order chi connectivity index (χ0) is 12.3. The fourth-order valence-electron chi connectivity index (χ4n) is 1.49. The van der Waals surface area contributed by atoms with Gasteiger partial charge in [-0.3, -0.25) is 0 Å². The van der Waals surface area contributed by atoms with Gasteiger partial charge >= 0.3 is 0 Å². The van der Waals surface area contributed by atoms with Gasteiger partial charge in [-0.25, -0.2) is 0 Å². The highest BCUT2D eigenvalue weighted by Crippen LogP contribution is 2.17. The fraction of sp³-hybridized carbons (Fsp3) is 0.571. The number of hydrogen-bond acceptors (Lipinski definition) is 3. The Balaban J connectivity index is 2.14. The van der Waals surface area contributed by atoms with Crippen LogP contribution in [0.15, 0.2) is 24.8 Å². The van der Waals surface area contributed by atoms with Crippen LogP contribution in [0.5, 0.6) is 0 Å². The van der Waals surface area contributed by atoms with E-state index in [2.05, 4.69) is 31.0 Å². The first kappa shape index (κ1) is 14.4. The molecular weight excluding hydrogens is 230 g/mol. The van der Waals surface area contributed by atoms with Crippen molar-refractivity contribution in [1.29, 1.82) is 0 Å². The van der Waals surface area contributed by atoms with Crippen LogP contribution in [0, 0.1) is 0 Å². The largest absolute Gasteiger partial charge is 0.376 e. The maximum atomic E-state index is 5.60. The average molecular weight is 253 g/mol. The van der Waals surface area contributed by atoms with Crippen LogP contribution in [0.3, 0.4) is 0 Å². The molecule has 0 aliphatic rings. The lowest BCUT2D eigenvalue weighted by molar-refractivity contribution is 0.121. The zero-order valence-electron chi connectivity index (χ0n) is 10.7. The van der Waals surface area contributed by atoms with E-state index in [1.807, 2.05) is 17.4 Å². The van der Waals surface area contributed by atoms with Crippen molar-refractivity contribution in [3.63, 3.8) is 0 Å². The van der Waals surface area contributed by atoms with E-state index >= 15 is 0 Å². The van der Waals surface area contributed by atoms with Crippen molar-refractivity contribution < 1.29 is 4.74 Å². The first-order valence-electron chi connectivity index (χ1n) is 6.33. The van der Waals surface area contributed by atoms with Gasteiger partial charge < -0.3 is 10.1 Å². The van der Waals surface area contributed by atoms with Crippen molar-refractivity contribution in [2.75, 3.05) is 13.2 Å². The molecule has 1 heterocycles. The predicted octanol–water partition coefficient (Wildman–Crippen LogP) is 3.73. The lowest BCUT2D eigenvalue weighted by atomic mass is 10.3. The summed E-state index contributed by atoms with van der Waals surface area (Å²) in [5.74, 6) is 0. The molecule has 17 heavy (non-hydrogen) atoms. The highest BCUT2D eigenvalue weighted by atomic mass is 32.1. The summed E-state index contributed by atoms with van der Waals surface area (Å²) >= 11 is 1.84. The van der Waals surface area contributed by atoms with Crippen LogP contribution in [-0.2, 0) is 17.9 Å². The average Bonchev–Trinajstić information content (AvgIpc) is 2.77. The van der Waals surface area contributed by atoms with Crippen LogP contribution in [0.4, 0.5) is 0 Å². The number of rotatable bonds is 10. The molecule has 0 spiro atoms. The van der Waals surface area contributed by atoms with Gasteiger partial charge in [0.05, 0.1) is 6.61 Å². The number of allylic oxidation sites excluding steroid dienone is 1. The summed E-state index contributed by atoms with van der Waals surface area (Å²) in [7, 11) is 0. The van der Waals surface area contributed by atoms with Crippen LogP contribution in [0.1, 0.15) is 35.9 Å². The van der Waals surface area contributed by atoms with Crippen LogP contribution < -0.4 is 5.32 Å². The number of hydrogen-bond donors (Lipinski definition) is 1. The SMILES string of the molecule is C=CCCCOCc1ccc(CNCCC)s1. The van der Waals surface area contributed by atoms with E-state index in [0.717, 1.165) is 39.1 Å². The molecule has 0 saturated heterocycles. The maximum Gasteiger partial charge on any atom is 0.0809 e. The van der Waals surface area contributed by atoms with Crippen LogP contribution in [-0.4, -0.2) is 13.2 Å². The summed E-state index contributed by atoms with van der Waals surface area (Å²) in [5.41, 5.74) is 0. The van der Waals surface area contributed by atoms with E-state index in [-0.39, 0.29) is 0 Å². The Labute approximate surface area is 109 Å². The van der Waals surface area contributed by atoms with Crippen molar-refractivity contribution in [2.45, 2.75) is 39.3 Å². The molecule has 96 valence electrons. The van der Waals surface area contributed by atoms with Crippen LogP contribution in [0.25, 0.3) is 0 Å². The summed E-state index contributed by atoms with van der Waals surface area (Å²) < 4.78 is 5.60. The smallest absolute Gasteiger partial charge is 0.0809 e. The Bertz CT molecular complexity index is 309. The van der Waals surface area contributed by atoms with Gasteiger partial charge in [0.25, 0.3) is 0 Å². The highest BCUT2D eigenvalue weighted by molar-refractivity contribution is 7.11. The first-order chi connectivity index (χ1) is 8.36. The molecule has 3 heteroatoms. The van der Waals surface area contributed by atoms with Gasteiger partial charge in [-0.1, -0.05) is 13.0 Å². The van der Waals surface area contributed by atoms with Gasteiger partial charge in [0, 0.05) is 22.9 Å². The Morgan fingerprint density at radius 3 is 3.00 bits per heavy atom. The van der Waals surface area contributed by atoms with Gasteiger partial charge in [0.1, 0.15) is 0 Å². The third kappa shape index (κ3) is 6.61. The number of nitrogens with one attached hydrogen (secondary N) is 1. The molecule has 2 nitrogen and oxygen atoms in total. The zero-order valence-corrected chi connectivity index (χ0v) is 11.5. The predicted molar refractivity (Wildman–Crippen MR) is 75.4 cm³/mol. The van der Waals surface area contributed by atoms with E-state index in [4.69, 9.17) is 4.74 Å². The number of thiophene rings is 1. The molecule has 0 saturated carbocycles. The molecule has 1 N–H and O–H groups in total. The second kappa shape index (κ2) is 9.40. The molecule has 0 aliphatic heterocycles. The van der Waals surface area contributed by atoms with Gasteiger partial charge in [0.2, 0.25) is 0 Å². The van der Waals surface area contributed by atoms with E-state index in [9.17, 15) is 0 Å². The lowest BCUT2D eigenvalue weighted by Crippen LogP contribution is -2.12. The molecule has 1 aromatic rings. The van der Waals surface area contributed by atoms with Crippen molar-refractivity contribution in [3.05, 3.63) is 34.5 Å². The minimum atomic E-state index is 0.746. The second-order valence-electron chi connectivity index (χ2n) is 4.03. The van der Waals surface area contributed by atoms with Crippen molar-refractivity contribution in [1.82, 2.24) is 5.32 Å². The van der Waals surface area contributed by atoms with E-state index in [0.29, 0.717) is 0 Å². The molecule has 0 fully saturated rings. The Morgan fingerprint density at radius 1 is 1.41 bits per heavy atom. The molecule has 0 atom stereocenters. The molecule has 0 unspecified atom stereocenters. The fourth-order valence-corrected chi connectivity index (χ4v) is 2.41. The van der Waals surface area contributed by atoms with Gasteiger partial charge in [0.15, 0.2) is 0 Å².